The summed E-state index contributed by atoms with van der Waals surface area (Å²) >= 11 is 0. The molecule has 7 heteroatoms. The molecule has 3 heterocycles. The van der Waals surface area contributed by atoms with Crippen molar-refractivity contribution in [3.63, 3.8) is 0 Å². The number of methoxy groups -OCH3 is 1. The number of amides is 3. The van der Waals surface area contributed by atoms with E-state index < -0.39 is 17.4 Å². The number of nitrogens with one attached hydrogen (secondary N) is 2. The molecule has 3 aliphatic rings. The largest absolute Gasteiger partial charge is 0.385 e. The van der Waals surface area contributed by atoms with Gasteiger partial charge in [-0.05, 0) is 31.7 Å². The first kappa shape index (κ1) is 20.0. The van der Waals surface area contributed by atoms with Gasteiger partial charge < -0.3 is 10.1 Å². The van der Waals surface area contributed by atoms with Crippen LogP contribution in [-0.4, -0.2) is 48.9 Å². The van der Waals surface area contributed by atoms with Gasteiger partial charge in [-0.25, -0.2) is 0 Å². The van der Waals surface area contributed by atoms with Crippen LogP contribution in [0.1, 0.15) is 37.0 Å². The summed E-state index contributed by atoms with van der Waals surface area (Å²) in [6.07, 6.45) is 0.585. The number of fused-ring (bicyclic) bond motifs is 4. The fraction of sp³-hybridized carbons (Fsp3) is 0.591. The average molecular weight is 399 g/mol. The Bertz CT molecular complexity index is 896. The van der Waals surface area contributed by atoms with Crippen molar-refractivity contribution in [2.45, 2.75) is 45.7 Å². The Morgan fingerprint density at radius 3 is 2.55 bits per heavy atom. The van der Waals surface area contributed by atoms with Gasteiger partial charge in [-0.2, -0.15) is 0 Å². The molecule has 1 spiro atoms. The van der Waals surface area contributed by atoms with Crippen molar-refractivity contribution in [1.82, 2.24) is 10.2 Å². The van der Waals surface area contributed by atoms with E-state index in [-0.39, 0.29) is 29.7 Å². The summed E-state index contributed by atoms with van der Waals surface area (Å²) in [5.41, 5.74) is 2.34. The number of anilines is 1. The van der Waals surface area contributed by atoms with E-state index in [9.17, 15) is 14.4 Å². The molecule has 2 N–H and O–H groups in total. The van der Waals surface area contributed by atoms with Gasteiger partial charge in [0.25, 0.3) is 0 Å². The van der Waals surface area contributed by atoms with E-state index in [1.165, 1.54) is 4.90 Å². The summed E-state index contributed by atoms with van der Waals surface area (Å²) in [5, 5.41) is 6.47. The maximum absolute atomic E-state index is 13.5. The predicted molar refractivity (Wildman–Crippen MR) is 108 cm³/mol. The van der Waals surface area contributed by atoms with Crippen molar-refractivity contribution in [2.75, 3.05) is 25.6 Å². The zero-order valence-electron chi connectivity index (χ0n) is 17.7. The third kappa shape index (κ3) is 2.67. The van der Waals surface area contributed by atoms with Gasteiger partial charge in [0.2, 0.25) is 17.7 Å². The Kier molecular flexibility index (Phi) is 4.78. The molecular weight excluding hydrogens is 370 g/mol. The lowest BCUT2D eigenvalue weighted by Gasteiger charge is -2.30. The summed E-state index contributed by atoms with van der Waals surface area (Å²) < 4.78 is 5.08. The van der Waals surface area contributed by atoms with Crippen LogP contribution in [0.25, 0.3) is 0 Å². The smallest absolute Gasteiger partial charge is 0.250 e. The second-order valence-corrected chi connectivity index (χ2v) is 8.86. The van der Waals surface area contributed by atoms with Gasteiger partial charge in [-0.3, -0.25) is 24.6 Å². The number of imide groups is 1. The topological polar surface area (TPSA) is 87.7 Å². The second kappa shape index (κ2) is 6.92. The first-order chi connectivity index (χ1) is 13.7. The van der Waals surface area contributed by atoms with E-state index in [0.29, 0.717) is 19.6 Å². The minimum absolute atomic E-state index is 0.0975. The molecule has 0 saturated carbocycles. The lowest BCUT2D eigenvalue weighted by molar-refractivity contribution is -0.143. The molecule has 0 aliphatic carbocycles. The molecule has 0 radical (unpaired) electrons. The standard InChI is InChI=1S/C22H29N3O4/c1-11(2)17-15-16(20(27)25(19(15)26)7-6-8-29-5)22(24-17)14-10-12(3)9-13(4)18(14)23-21(22)28/h9-11,15-17,24H,6-8H2,1-5H3,(H,23,28). The van der Waals surface area contributed by atoms with Crippen LogP contribution in [0.3, 0.4) is 0 Å². The Labute approximate surface area is 171 Å². The maximum atomic E-state index is 13.5. The van der Waals surface area contributed by atoms with Crippen molar-refractivity contribution < 1.29 is 19.1 Å². The Hall–Kier alpha value is -2.25. The molecule has 0 aromatic heterocycles. The van der Waals surface area contributed by atoms with Gasteiger partial charge >= 0.3 is 0 Å². The number of nitrogens with zero attached hydrogens (tertiary/aromatic N) is 1. The highest BCUT2D eigenvalue weighted by Gasteiger charge is 2.70. The Balaban J connectivity index is 1.84. The fourth-order valence-corrected chi connectivity index (χ4v) is 5.41. The monoisotopic (exact) mass is 399 g/mol. The molecule has 2 saturated heterocycles. The number of hydrogen-bond donors (Lipinski definition) is 2. The molecule has 1 aromatic carbocycles. The van der Waals surface area contributed by atoms with E-state index in [2.05, 4.69) is 10.6 Å². The fourth-order valence-electron chi connectivity index (χ4n) is 5.41. The van der Waals surface area contributed by atoms with Crippen LogP contribution in [-0.2, 0) is 24.7 Å². The van der Waals surface area contributed by atoms with Crippen LogP contribution in [0.4, 0.5) is 5.69 Å². The second-order valence-electron chi connectivity index (χ2n) is 8.86. The van der Waals surface area contributed by atoms with Crippen molar-refractivity contribution in [3.8, 4) is 0 Å². The third-order valence-corrected chi connectivity index (χ3v) is 6.64. The first-order valence-corrected chi connectivity index (χ1v) is 10.3. The van der Waals surface area contributed by atoms with Gasteiger partial charge in [0.15, 0.2) is 0 Å². The van der Waals surface area contributed by atoms with Crippen LogP contribution in [0, 0.1) is 31.6 Å². The highest BCUT2D eigenvalue weighted by Crippen LogP contribution is 2.54. The molecule has 2 fully saturated rings. The SMILES string of the molecule is COCCCN1C(=O)C2C(C(C)C)NC3(C(=O)Nc4c(C)cc(C)cc43)C2C1=O. The number of hydrogen-bond acceptors (Lipinski definition) is 5. The minimum atomic E-state index is -1.20. The molecule has 156 valence electrons. The summed E-state index contributed by atoms with van der Waals surface area (Å²) in [4.78, 5) is 41.5. The van der Waals surface area contributed by atoms with Gasteiger partial charge in [-0.15, -0.1) is 0 Å². The summed E-state index contributed by atoms with van der Waals surface area (Å²) in [5.74, 6) is -1.84. The number of aryl methyl sites for hydroxylation is 2. The van der Waals surface area contributed by atoms with Crippen molar-refractivity contribution in [2.24, 2.45) is 17.8 Å². The number of ether oxygens (including phenoxy) is 1. The molecule has 3 amide bonds. The van der Waals surface area contributed by atoms with Crippen LogP contribution >= 0.6 is 0 Å². The molecule has 29 heavy (non-hydrogen) atoms. The van der Waals surface area contributed by atoms with E-state index in [4.69, 9.17) is 4.74 Å². The summed E-state index contributed by atoms with van der Waals surface area (Å²) in [6, 6.07) is 3.74. The van der Waals surface area contributed by atoms with Crippen LogP contribution in [0.5, 0.6) is 0 Å². The van der Waals surface area contributed by atoms with E-state index in [1.807, 2.05) is 39.8 Å². The number of likely N-dealkylation sites (tertiary alicyclic amines) is 1. The van der Waals surface area contributed by atoms with E-state index >= 15 is 0 Å². The highest BCUT2D eigenvalue weighted by molar-refractivity contribution is 6.15. The minimum Gasteiger partial charge on any atom is -0.385 e. The van der Waals surface area contributed by atoms with Crippen molar-refractivity contribution in [1.29, 1.82) is 0 Å². The third-order valence-electron chi connectivity index (χ3n) is 6.64. The summed E-state index contributed by atoms with van der Waals surface area (Å²) in [7, 11) is 1.60. The number of carbonyl (C=O) groups excluding carboxylic acids is 3. The van der Waals surface area contributed by atoms with Gasteiger partial charge in [0.05, 0.1) is 11.8 Å². The molecule has 4 unspecified atom stereocenters. The van der Waals surface area contributed by atoms with Crippen LogP contribution in [0.2, 0.25) is 0 Å². The molecule has 4 atom stereocenters. The first-order valence-electron chi connectivity index (χ1n) is 10.3. The molecule has 1 aromatic rings. The van der Waals surface area contributed by atoms with Gasteiger partial charge in [0, 0.05) is 37.6 Å². The lowest BCUT2D eigenvalue weighted by Crippen LogP contribution is -2.54. The van der Waals surface area contributed by atoms with Gasteiger partial charge in [0.1, 0.15) is 5.54 Å². The van der Waals surface area contributed by atoms with Crippen LogP contribution < -0.4 is 10.6 Å². The number of rotatable bonds is 5. The lowest BCUT2D eigenvalue weighted by atomic mass is 9.75. The maximum Gasteiger partial charge on any atom is 0.250 e. The highest BCUT2D eigenvalue weighted by atomic mass is 16.5. The normalized spacial score (nSPS) is 30.5. The summed E-state index contributed by atoms with van der Waals surface area (Å²) in [6.45, 7) is 8.78. The van der Waals surface area contributed by atoms with E-state index in [1.54, 1.807) is 7.11 Å². The Morgan fingerprint density at radius 2 is 1.90 bits per heavy atom. The molecule has 7 nitrogen and oxygen atoms in total. The molecular formula is C22H29N3O4. The van der Waals surface area contributed by atoms with Crippen molar-refractivity contribution in [3.05, 3.63) is 28.8 Å². The number of carbonyl (C=O) groups is 3. The van der Waals surface area contributed by atoms with Gasteiger partial charge in [-0.1, -0.05) is 31.5 Å². The zero-order chi connectivity index (χ0) is 21.1. The molecule has 4 rings (SSSR count). The Morgan fingerprint density at radius 1 is 1.17 bits per heavy atom. The quantitative estimate of drug-likeness (QED) is 0.581. The van der Waals surface area contributed by atoms with Crippen molar-refractivity contribution >= 4 is 23.4 Å². The van der Waals surface area contributed by atoms with E-state index in [0.717, 1.165) is 22.4 Å². The average Bonchev–Trinajstić information content (AvgIpc) is 3.24. The number of benzene rings is 1. The zero-order valence-corrected chi connectivity index (χ0v) is 17.7. The predicted octanol–water partition coefficient (Wildman–Crippen LogP) is 1.72. The molecule has 3 aliphatic heterocycles. The van der Waals surface area contributed by atoms with Crippen LogP contribution in [0.15, 0.2) is 12.1 Å². The molecule has 0 bridgehead atoms.